The summed E-state index contributed by atoms with van der Waals surface area (Å²) in [4.78, 5) is 2.40. The average molecular weight is 334 g/mol. The van der Waals surface area contributed by atoms with Gasteiger partial charge < -0.3 is 0 Å². The number of thiophene rings is 1. The van der Waals surface area contributed by atoms with Crippen LogP contribution in [0, 0.1) is 19.7 Å². The summed E-state index contributed by atoms with van der Waals surface area (Å²) in [7, 11) is 0. The van der Waals surface area contributed by atoms with E-state index in [2.05, 4.69) is 22.0 Å². The van der Waals surface area contributed by atoms with Crippen molar-refractivity contribution in [2.24, 2.45) is 0 Å². The summed E-state index contributed by atoms with van der Waals surface area (Å²) in [5.74, 6) is -0.273. The van der Waals surface area contributed by atoms with Crippen molar-refractivity contribution in [1.29, 1.82) is 0 Å². The van der Waals surface area contributed by atoms with Crippen LogP contribution in [0.3, 0.4) is 0 Å². The fourth-order valence-electron chi connectivity index (χ4n) is 1.80. The molecule has 2 rings (SSSR count). The standard InChI is InChI=1S/C13H11BrClFS/c1-7-3-12(8(2)17-7)13(15)9-4-10(14)6-11(16)5-9/h3-6,13H,1-2H3. The van der Waals surface area contributed by atoms with Crippen molar-refractivity contribution >= 4 is 38.9 Å². The molecule has 0 aliphatic rings. The Bertz CT molecular complexity index is 530. The number of hydrogen-bond donors (Lipinski definition) is 0. The molecule has 0 radical (unpaired) electrons. The zero-order chi connectivity index (χ0) is 12.6. The van der Waals surface area contributed by atoms with Crippen LogP contribution < -0.4 is 0 Å². The highest BCUT2D eigenvalue weighted by atomic mass is 79.9. The van der Waals surface area contributed by atoms with Crippen molar-refractivity contribution in [3.63, 3.8) is 0 Å². The minimum Gasteiger partial charge on any atom is -0.207 e. The summed E-state index contributed by atoms with van der Waals surface area (Å²) in [5, 5.41) is -0.299. The molecule has 1 aromatic carbocycles. The Morgan fingerprint density at radius 1 is 1.24 bits per heavy atom. The van der Waals surface area contributed by atoms with Crippen molar-refractivity contribution < 1.29 is 4.39 Å². The molecule has 0 nitrogen and oxygen atoms in total. The Balaban J connectivity index is 2.43. The maximum absolute atomic E-state index is 13.3. The minimum absolute atomic E-state index is 0.273. The second-order valence-corrected chi connectivity index (χ2v) is 6.75. The van der Waals surface area contributed by atoms with Crippen molar-refractivity contribution in [3.8, 4) is 0 Å². The van der Waals surface area contributed by atoms with Crippen LogP contribution in [0.25, 0.3) is 0 Å². The second-order valence-electron chi connectivity index (χ2n) is 3.93. The highest BCUT2D eigenvalue weighted by Crippen LogP contribution is 2.36. The van der Waals surface area contributed by atoms with Crippen molar-refractivity contribution in [2.75, 3.05) is 0 Å². The molecule has 17 heavy (non-hydrogen) atoms. The van der Waals surface area contributed by atoms with E-state index in [0.29, 0.717) is 4.47 Å². The van der Waals surface area contributed by atoms with E-state index >= 15 is 0 Å². The summed E-state index contributed by atoms with van der Waals surface area (Å²) in [6, 6.07) is 6.83. The molecule has 1 atom stereocenters. The van der Waals surface area contributed by atoms with Crippen molar-refractivity contribution in [2.45, 2.75) is 19.2 Å². The Morgan fingerprint density at radius 3 is 2.47 bits per heavy atom. The van der Waals surface area contributed by atoms with E-state index in [1.165, 1.54) is 21.9 Å². The summed E-state index contributed by atoms with van der Waals surface area (Å²) < 4.78 is 14.0. The molecular formula is C13H11BrClFS. The highest BCUT2D eigenvalue weighted by Gasteiger charge is 2.16. The van der Waals surface area contributed by atoms with Crippen LogP contribution in [0.2, 0.25) is 0 Å². The largest absolute Gasteiger partial charge is 0.207 e. The first-order chi connectivity index (χ1) is 7.97. The maximum Gasteiger partial charge on any atom is 0.124 e. The number of aryl methyl sites for hydroxylation is 2. The van der Waals surface area contributed by atoms with Gasteiger partial charge in [0.2, 0.25) is 0 Å². The first-order valence-electron chi connectivity index (χ1n) is 5.14. The maximum atomic E-state index is 13.3. The lowest BCUT2D eigenvalue weighted by molar-refractivity contribution is 0.625. The number of benzene rings is 1. The Morgan fingerprint density at radius 2 is 1.94 bits per heavy atom. The molecule has 0 saturated heterocycles. The van der Waals surface area contributed by atoms with Gasteiger partial charge >= 0.3 is 0 Å². The molecule has 2 aromatic rings. The van der Waals surface area contributed by atoms with E-state index in [0.717, 1.165) is 11.1 Å². The molecule has 0 N–H and O–H groups in total. The molecule has 0 spiro atoms. The van der Waals surface area contributed by atoms with Crippen LogP contribution in [0.1, 0.15) is 26.3 Å². The lowest BCUT2D eigenvalue weighted by Gasteiger charge is -2.10. The predicted molar refractivity (Wildman–Crippen MR) is 75.6 cm³/mol. The third-order valence-corrected chi connectivity index (χ3v) is 4.46. The monoisotopic (exact) mass is 332 g/mol. The summed E-state index contributed by atoms with van der Waals surface area (Å²) in [5.41, 5.74) is 1.84. The number of rotatable bonds is 2. The first kappa shape index (κ1) is 13.1. The van der Waals surface area contributed by atoms with Crippen LogP contribution in [-0.4, -0.2) is 0 Å². The van der Waals surface area contributed by atoms with Gasteiger partial charge in [0.25, 0.3) is 0 Å². The van der Waals surface area contributed by atoms with Gasteiger partial charge in [-0.3, -0.25) is 0 Å². The van der Waals surface area contributed by atoms with Crippen LogP contribution in [0.15, 0.2) is 28.7 Å². The zero-order valence-corrected chi connectivity index (χ0v) is 12.6. The third kappa shape index (κ3) is 2.90. The van der Waals surface area contributed by atoms with Crippen LogP contribution >= 0.6 is 38.9 Å². The van der Waals surface area contributed by atoms with Crippen molar-refractivity contribution in [1.82, 2.24) is 0 Å². The SMILES string of the molecule is Cc1cc(C(Cl)c2cc(F)cc(Br)c2)c(C)s1. The molecule has 0 aliphatic carbocycles. The van der Waals surface area contributed by atoms with Gasteiger partial charge in [-0.1, -0.05) is 15.9 Å². The lowest BCUT2D eigenvalue weighted by atomic mass is 10.0. The summed E-state index contributed by atoms with van der Waals surface area (Å²) in [6.45, 7) is 4.09. The molecule has 90 valence electrons. The van der Waals surface area contributed by atoms with Crippen LogP contribution in [0.4, 0.5) is 4.39 Å². The van der Waals surface area contributed by atoms with E-state index in [9.17, 15) is 4.39 Å². The molecule has 0 saturated carbocycles. The Labute approximate surface area is 118 Å². The van der Waals surface area contributed by atoms with Crippen molar-refractivity contribution in [3.05, 3.63) is 55.4 Å². The molecule has 1 heterocycles. The third-order valence-electron chi connectivity index (χ3n) is 2.53. The van der Waals surface area contributed by atoms with Crippen LogP contribution in [-0.2, 0) is 0 Å². The Kier molecular flexibility index (Phi) is 3.91. The molecule has 0 aliphatic heterocycles. The number of halogens is 3. The fourth-order valence-corrected chi connectivity index (χ4v) is 3.67. The summed E-state index contributed by atoms with van der Waals surface area (Å²) >= 11 is 11.4. The molecular weight excluding hydrogens is 323 g/mol. The minimum atomic E-state index is -0.299. The molecule has 1 unspecified atom stereocenters. The number of alkyl halides is 1. The Hall–Kier alpha value is -0.380. The van der Waals surface area contributed by atoms with Gasteiger partial charge in [0, 0.05) is 14.2 Å². The molecule has 0 bridgehead atoms. The fraction of sp³-hybridized carbons (Fsp3) is 0.231. The molecule has 4 heteroatoms. The quantitative estimate of drug-likeness (QED) is 0.628. The van der Waals surface area contributed by atoms with E-state index in [1.54, 1.807) is 11.3 Å². The van der Waals surface area contributed by atoms with E-state index in [1.807, 2.05) is 19.9 Å². The highest BCUT2D eigenvalue weighted by molar-refractivity contribution is 9.10. The van der Waals surface area contributed by atoms with Gasteiger partial charge in [-0.25, -0.2) is 4.39 Å². The van der Waals surface area contributed by atoms with Gasteiger partial charge in [0.05, 0.1) is 5.38 Å². The van der Waals surface area contributed by atoms with Gasteiger partial charge in [-0.05, 0) is 49.2 Å². The average Bonchev–Trinajstić information content (AvgIpc) is 2.55. The van der Waals surface area contributed by atoms with Crippen LogP contribution in [0.5, 0.6) is 0 Å². The van der Waals surface area contributed by atoms with Gasteiger partial charge in [0.15, 0.2) is 0 Å². The van der Waals surface area contributed by atoms with Gasteiger partial charge in [-0.15, -0.1) is 22.9 Å². The van der Waals surface area contributed by atoms with Gasteiger partial charge in [-0.2, -0.15) is 0 Å². The second kappa shape index (κ2) is 5.09. The van der Waals surface area contributed by atoms with E-state index in [-0.39, 0.29) is 11.2 Å². The number of hydrogen-bond acceptors (Lipinski definition) is 1. The normalized spacial score (nSPS) is 12.8. The molecule has 0 fully saturated rings. The lowest BCUT2D eigenvalue weighted by Crippen LogP contribution is -1.94. The zero-order valence-electron chi connectivity index (χ0n) is 9.43. The van der Waals surface area contributed by atoms with Gasteiger partial charge in [0.1, 0.15) is 5.82 Å². The summed E-state index contributed by atoms with van der Waals surface area (Å²) in [6.07, 6.45) is 0. The topological polar surface area (TPSA) is 0 Å². The molecule has 1 aromatic heterocycles. The van der Waals surface area contributed by atoms with E-state index in [4.69, 9.17) is 11.6 Å². The predicted octanol–water partition coefficient (Wildman–Crippen LogP) is 5.59. The molecule has 0 amide bonds. The smallest absolute Gasteiger partial charge is 0.124 e. The van der Waals surface area contributed by atoms with E-state index < -0.39 is 0 Å². The first-order valence-corrected chi connectivity index (χ1v) is 7.19.